The molecule has 0 amide bonds. The monoisotopic (exact) mass is 356 g/mol. The quantitative estimate of drug-likeness (QED) is 0.747. The molecule has 0 bridgehead atoms. The lowest BCUT2D eigenvalue weighted by Gasteiger charge is -2.56. The number of hydrogen-bond donors (Lipinski definition) is 0. The van der Waals surface area contributed by atoms with Crippen LogP contribution in [0.2, 0.25) is 0 Å². The maximum absolute atomic E-state index is 12.7. The molecule has 0 aromatic heterocycles. The van der Waals surface area contributed by atoms with Crippen LogP contribution in [-0.4, -0.2) is 19.0 Å². The van der Waals surface area contributed by atoms with Crippen molar-refractivity contribution in [3.8, 4) is 5.75 Å². The smallest absolute Gasteiger partial charge is 0.136 e. The van der Waals surface area contributed by atoms with Gasteiger partial charge in [-0.2, -0.15) is 0 Å². The third-order valence-electron chi connectivity index (χ3n) is 7.85. The number of carbonyl (C=O) groups is 1. The van der Waals surface area contributed by atoms with Gasteiger partial charge in [0.15, 0.2) is 0 Å². The Morgan fingerprint density at radius 2 is 1.85 bits per heavy atom. The van der Waals surface area contributed by atoms with Crippen molar-refractivity contribution >= 4 is 5.78 Å². The number of ketones is 1. The second-order valence-corrected chi connectivity index (χ2v) is 9.29. The summed E-state index contributed by atoms with van der Waals surface area (Å²) in [5.74, 6) is 2.18. The first-order valence-corrected chi connectivity index (χ1v) is 10.2. The van der Waals surface area contributed by atoms with E-state index in [0.29, 0.717) is 18.3 Å². The predicted octanol–water partition coefficient (Wildman–Crippen LogP) is 5.17. The van der Waals surface area contributed by atoms with Gasteiger partial charge in [-0.15, -0.1) is 0 Å². The minimum Gasteiger partial charge on any atom is -0.497 e. The summed E-state index contributed by atoms with van der Waals surface area (Å²) in [7, 11) is 1.69. The molecule has 26 heavy (non-hydrogen) atoms. The van der Waals surface area contributed by atoms with Gasteiger partial charge in [-0.3, -0.25) is 4.79 Å². The van der Waals surface area contributed by atoms with E-state index in [4.69, 9.17) is 9.47 Å². The molecule has 0 spiro atoms. The van der Waals surface area contributed by atoms with Crippen LogP contribution in [0.1, 0.15) is 64.4 Å². The van der Waals surface area contributed by atoms with Gasteiger partial charge in [0.2, 0.25) is 0 Å². The van der Waals surface area contributed by atoms with E-state index in [1.807, 2.05) is 12.1 Å². The van der Waals surface area contributed by atoms with Gasteiger partial charge in [0.05, 0.1) is 19.8 Å². The third kappa shape index (κ3) is 2.89. The molecule has 0 saturated heterocycles. The van der Waals surface area contributed by atoms with Crippen molar-refractivity contribution in [3.05, 3.63) is 29.8 Å². The van der Waals surface area contributed by atoms with Crippen LogP contribution < -0.4 is 4.74 Å². The number of hydrogen-bond acceptors (Lipinski definition) is 3. The Labute approximate surface area is 157 Å². The first kappa shape index (κ1) is 18.0. The fourth-order valence-electron chi connectivity index (χ4n) is 6.16. The van der Waals surface area contributed by atoms with E-state index in [1.54, 1.807) is 7.11 Å². The topological polar surface area (TPSA) is 35.5 Å². The zero-order valence-electron chi connectivity index (χ0n) is 16.4. The summed E-state index contributed by atoms with van der Waals surface area (Å²) in [6.45, 7) is 5.41. The lowest BCUT2D eigenvalue weighted by Crippen LogP contribution is -2.54. The molecule has 3 aliphatic carbocycles. The molecule has 3 saturated carbocycles. The zero-order valence-corrected chi connectivity index (χ0v) is 16.4. The van der Waals surface area contributed by atoms with Crippen LogP contribution in [0.3, 0.4) is 0 Å². The maximum Gasteiger partial charge on any atom is 0.136 e. The largest absolute Gasteiger partial charge is 0.497 e. The Bertz CT molecular complexity index is 667. The molecule has 1 aromatic rings. The first-order valence-electron chi connectivity index (χ1n) is 10.2. The molecule has 0 heterocycles. The van der Waals surface area contributed by atoms with E-state index in [0.717, 1.165) is 25.0 Å². The molecule has 0 aliphatic heterocycles. The van der Waals surface area contributed by atoms with Crippen molar-refractivity contribution in [2.75, 3.05) is 7.11 Å². The highest BCUT2D eigenvalue weighted by Gasteiger charge is 2.60. The van der Waals surface area contributed by atoms with Gasteiger partial charge in [-0.25, -0.2) is 0 Å². The van der Waals surface area contributed by atoms with Crippen LogP contribution in [0.4, 0.5) is 0 Å². The van der Waals surface area contributed by atoms with E-state index in [9.17, 15) is 4.79 Å². The number of benzene rings is 1. The van der Waals surface area contributed by atoms with Crippen molar-refractivity contribution in [1.82, 2.24) is 0 Å². The molecule has 3 heteroatoms. The highest BCUT2D eigenvalue weighted by Crippen LogP contribution is 2.63. The van der Waals surface area contributed by atoms with E-state index < -0.39 is 0 Å². The van der Waals surface area contributed by atoms with E-state index >= 15 is 0 Å². The van der Waals surface area contributed by atoms with Crippen LogP contribution in [0, 0.1) is 22.7 Å². The molecule has 3 nitrogen and oxygen atoms in total. The first-order chi connectivity index (χ1) is 12.5. The van der Waals surface area contributed by atoms with Crippen LogP contribution in [0.5, 0.6) is 5.75 Å². The van der Waals surface area contributed by atoms with Gasteiger partial charge >= 0.3 is 0 Å². The van der Waals surface area contributed by atoms with Crippen molar-refractivity contribution < 1.29 is 14.3 Å². The summed E-state index contributed by atoms with van der Waals surface area (Å²) in [5, 5.41) is 0. The standard InChI is InChI=1S/C23H32O3/c1-22-12-11-19(24)21(22)18-5-4-6-20(23(18,2)14-13-22)26-15-16-7-9-17(25-3)10-8-16/h7-10,18,20-21H,4-6,11-15H2,1-3H3/t18-,20+,21-,22-,23-/m1/s1. The van der Waals surface area contributed by atoms with Gasteiger partial charge in [-0.05, 0) is 66.5 Å². The average Bonchev–Trinajstić information content (AvgIpc) is 2.96. The number of Topliss-reactive ketones (excluding diaryl/α,β-unsaturated/α-hetero) is 1. The van der Waals surface area contributed by atoms with Gasteiger partial charge in [0, 0.05) is 12.3 Å². The fourth-order valence-corrected chi connectivity index (χ4v) is 6.16. The number of ether oxygens (including phenoxy) is 2. The van der Waals surface area contributed by atoms with Crippen molar-refractivity contribution in [2.24, 2.45) is 22.7 Å². The molecule has 3 aliphatic rings. The molecule has 0 N–H and O–H groups in total. The molecular weight excluding hydrogens is 324 g/mol. The Hall–Kier alpha value is -1.35. The van der Waals surface area contributed by atoms with Gasteiger partial charge in [0.25, 0.3) is 0 Å². The van der Waals surface area contributed by atoms with E-state index in [2.05, 4.69) is 26.0 Å². The molecular formula is C23H32O3. The van der Waals surface area contributed by atoms with Crippen molar-refractivity contribution in [2.45, 2.75) is 71.5 Å². The molecule has 0 radical (unpaired) electrons. The van der Waals surface area contributed by atoms with E-state index in [1.165, 1.54) is 31.2 Å². The lowest BCUT2D eigenvalue weighted by atomic mass is 9.49. The number of fused-ring (bicyclic) bond motifs is 3. The summed E-state index contributed by atoms with van der Waals surface area (Å²) in [6.07, 6.45) is 8.05. The summed E-state index contributed by atoms with van der Waals surface area (Å²) >= 11 is 0. The van der Waals surface area contributed by atoms with Gasteiger partial charge < -0.3 is 9.47 Å². The highest BCUT2D eigenvalue weighted by molar-refractivity contribution is 5.84. The van der Waals surface area contributed by atoms with Gasteiger partial charge in [0.1, 0.15) is 11.5 Å². The SMILES string of the molecule is COc1ccc(CO[C@H]2CCC[C@@H]3[C@@H]4C(=O)CC[C@]4(C)CC[C@@]23C)cc1. The predicted molar refractivity (Wildman–Crippen MR) is 102 cm³/mol. The highest BCUT2D eigenvalue weighted by atomic mass is 16.5. The second-order valence-electron chi connectivity index (χ2n) is 9.29. The minimum atomic E-state index is 0.148. The minimum absolute atomic E-state index is 0.148. The number of carbonyl (C=O) groups excluding carboxylic acids is 1. The molecule has 4 rings (SSSR count). The summed E-state index contributed by atoms with van der Waals surface area (Å²) in [5.41, 5.74) is 1.59. The zero-order chi connectivity index (χ0) is 18.4. The van der Waals surface area contributed by atoms with Crippen molar-refractivity contribution in [1.29, 1.82) is 0 Å². The molecule has 142 valence electrons. The Balaban J connectivity index is 1.49. The maximum atomic E-state index is 12.7. The second kappa shape index (κ2) is 6.67. The lowest BCUT2D eigenvalue weighted by molar-refractivity contribution is -0.158. The fraction of sp³-hybridized carbons (Fsp3) is 0.696. The van der Waals surface area contributed by atoms with Crippen LogP contribution in [-0.2, 0) is 16.1 Å². The number of rotatable bonds is 4. The van der Waals surface area contributed by atoms with Crippen LogP contribution >= 0.6 is 0 Å². The van der Waals surface area contributed by atoms with E-state index in [-0.39, 0.29) is 22.9 Å². The molecule has 3 fully saturated rings. The number of methoxy groups -OCH3 is 1. The average molecular weight is 357 g/mol. The van der Waals surface area contributed by atoms with Crippen LogP contribution in [0.25, 0.3) is 0 Å². The Kier molecular flexibility index (Phi) is 4.63. The summed E-state index contributed by atoms with van der Waals surface area (Å²) in [6, 6.07) is 8.15. The normalized spacial score (nSPS) is 39.3. The molecule has 1 aromatic carbocycles. The van der Waals surface area contributed by atoms with Crippen LogP contribution in [0.15, 0.2) is 24.3 Å². The summed E-state index contributed by atoms with van der Waals surface area (Å²) < 4.78 is 11.7. The molecule has 0 unspecified atom stereocenters. The van der Waals surface area contributed by atoms with Gasteiger partial charge in [-0.1, -0.05) is 32.4 Å². The summed E-state index contributed by atoms with van der Waals surface area (Å²) in [4.78, 5) is 12.7. The Morgan fingerprint density at radius 3 is 2.58 bits per heavy atom. The molecule has 5 atom stereocenters. The third-order valence-corrected chi connectivity index (χ3v) is 7.85. The van der Waals surface area contributed by atoms with Crippen molar-refractivity contribution in [3.63, 3.8) is 0 Å². The Morgan fingerprint density at radius 1 is 1.08 bits per heavy atom.